The highest BCUT2D eigenvalue weighted by molar-refractivity contribution is 7.12. The molecule has 4 rings (SSSR count). The molecule has 154 valence electrons. The molecule has 1 aromatic heterocycles. The maximum absolute atomic E-state index is 13.3. The van der Waals surface area contributed by atoms with Gasteiger partial charge in [0, 0.05) is 16.5 Å². The highest BCUT2D eigenvalue weighted by Crippen LogP contribution is 2.23. The van der Waals surface area contributed by atoms with Gasteiger partial charge in [-0.2, -0.15) is 4.99 Å². The Bertz CT molecular complexity index is 1340. The average molecular weight is 427 g/mol. The van der Waals surface area contributed by atoms with E-state index < -0.39 is 0 Å². The van der Waals surface area contributed by atoms with Gasteiger partial charge in [0.15, 0.2) is 0 Å². The van der Waals surface area contributed by atoms with Crippen molar-refractivity contribution in [2.24, 2.45) is 4.99 Å². The van der Waals surface area contributed by atoms with Crippen LogP contribution in [0.5, 0.6) is 0 Å². The largest absolute Gasteiger partial charge is 0.279 e. The molecular formula is C26H22N2O2S. The van der Waals surface area contributed by atoms with Crippen molar-refractivity contribution in [2.75, 3.05) is 0 Å². The maximum Gasteiger partial charge on any atom is 0.279 e. The smallest absolute Gasteiger partial charge is 0.269 e. The normalized spacial score (nSPS) is 11.6. The summed E-state index contributed by atoms with van der Waals surface area (Å²) in [5, 5.41) is 0. The summed E-state index contributed by atoms with van der Waals surface area (Å²) in [6.45, 7) is 4.16. The zero-order valence-corrected chi connectivity index (χ0v) is 18.2. The molecule has 0 radical (unpaired) electrons. The molecule has 0 bridgehead atoms. The SMILES string of the molecule is CC(C)c1ccccc1-n1c(=O)cc(-c2ccccc2)sc1=NC(=O)c1ccccc1. The molecule has 0 atom stereocenters. The molecule has 1 amide bonds. The monoisotopic (exact) mass is 426 g/mol. The molecule has 3 aromatic carbocycles. The Kier molecular flexibility index (Phi) is 6.05. The number of carbonyl (C=O) groups excluding carboxylic acids is 1. The van der Waals surface area contributed by atoms with Crippen molar-refractivity contribution in [3.05, 3.63) is 117 Å². The number of aromatic nitrogens is 1. The second-order valence-electron chi connectivity index (χ2n) is 7.43. The van der Waals surface area contributed by atoms with E-state index in [1.54, 1.807) is 34.9 Å². The van der Waals surface area contributed by atoms with Crippen molar-refractivity contribution in [2.45, 2.75) is 19.8 Å². The molecule has 5 heteroatoms. The molecule has 0 N–H and O–H groups in total. The van der Waals surface area contributed by atoms with E-state index in [1.807, 2.05) is 60.7 Å². The van der Waals surface area contributed by atoms with Crippen LogP contribution in [-0.4, -0.2) is 10.5 Å². The van der Waals surface area contributed by atoms with Crippen molar-refractivity contribution < 1.29 is 4.79 Å². The summed E-state index contributed by atoms with van der Waals surface area (Å²) in [6.07, 6.45) is 0. The fraction of sp³-hybridized carbons (Fsp3) is 0.115. The minimum Gasteiger partial charge on any atom is -0.269 e. The second kappa shape index (κ2) is 9.06. The van der Waals surface area contributed by atoms with Gasteiger partial charge < -0.3 is 0 Å². The van der Waals surface area contributed by atoms with Crippen molar-refractivity contribution in [1.82, 2.24) is 4.57 Å². The third-order valence-corrected chi connectivity index (χ3v) is 5.97. The molecular weight excluding hydrogens is 404 g/mol. The first-order valence-corrected chi connectivity index (χ1v) is 10.9. The lowest BCUT2D eigenvalue weighted by molar-refractivity contribution is 0.0998. The Labute approximate surface area is 184 Å². The maximum atomic E-state index is 13.3. The molecule has 0 aliphatic carbocycles. The first-order valence-electron chi connectivity index (χ1n) is 10.1. The number of amides is 1. The first-order chi connectivity index (χ1) is 15.0. The van der Waals surface area contributed by atoms with Crippen LogP contribution in [0.4, 0.5) is 0 Å². The molecule has 4 nitrogen and oxygen atoms in total. The Hall–Kier alpha value is -3.57. The number of rotatable bonds is 4. The summed E-state index contributed by atoms with van der Waals surface area (Å²) in [7, 11) is 0. The fourth-order valence-electron chi connectivity index (χ4n) is 3.40. The van der Waals surface area contributed by atoms with Gasteiger partial charge in [0.2, 0.25) is 4.80 Å². The van der Waals surface area contributed by atoms with Crippen LogP contribution in [0.15, 0.2) is 101 Å². The van der Waals surface area contributed by atoms with E-state index in [1.165, 1.54) is 11.3 Å². The summed E-state index contributed by atoms with van der Waals surface area (Å²) in [6, 6.07) is 27.9. The predicted molar refractivity (Wildman–Crippen MR) is 126 cm³/mol. The van der Waals surface area contributed by atoms with Crippen LogP contribution in [0.2, 0.25) is 0 Å². The summed E-state index contributed by atoms with van der Waals surface area (Å²) in [4.78, 5) is 31.7. The predicted octanol–water partition coefficient (Wildman–Crippen LogP) is 5.43. The molecule has 0 saturated carbocycles. The minimum absolute atomic E-state index is 0.208. The van der Waals surface area contributed by atoms with Gasteiger partial charge in [-0.25, -0.2) is 0 Å². The van der Waals surface area contributed by atoms with Crippen LogP contribution in [-0.2, 0) is 0 Å². The van der Waals surface area contributed by atoms with Gasteiger partial charge in [-0.15, -0.1) is 0 Å². The van der Waals surface area contributed by atoms with Crippen molar-refractivity contribution in [3.8, 4) is 16.1 Å². The van der Waals surface area contributed by atoms with E-state index in [4.69, 9.17) is 0 Å². The summed E-state index contributed by atoms with van der Waals surface area (Å²) in [5.41, 5.74) is 2.95. The molecule has 1 heterocycles. The third-order valence-electron chi connectivity index (χ3n) is 4.94. The highest BCUT2D eigenvalue weighted by atomic mass is 32.1. The number of para-hydroxylation sites is 1. The van der Waals surface area contributed by atoms with E-state index in [2.05, 4.69) is 18.8 Å². The minimum atomic E-state index is -0.378. The van der Waals surface area contributed by atoms with Gasteiger partial charge in [-0.05, 0) is 35.2 Å². The fourth-order valence-corrected chi connectivity index (χ4v) is 4.41. The van der Waals surface area contributed by atoms with Crippen LogP contribution in [0.25, 0.3) is 16.1 Å². The number of hydrogen-bond donors (Lipinski definition) is 0. The quantitative estimate of drug-likeness (QED) is 0.437. The highest BCUT2D eigenvalue weighted by Gasteiger charge is 2.14. The van der Waals surface area contributed by atoms with Crippen LogP contribution >= 0.6 is 11.3 Å². The number of nitrogens with zero attached hydrogens (tertiary/aromatic N) is 2. The van der Waals surface area contributed by atoms with E-state index in [0.29, 0.717) is 10.4 Å². The summed E-state index contributed by atoms with van der Waals surface area (Å²) < 4.78 is 1.55. The Balaban J connectivity index is 2.00. The lowest BCUT2D eigenvalue weighted by Crippen LogP contribution is -2.31. The average Bonchev–Trinajstić information content (AvgIpc) is 2.80. The van der Waals surface area contributed by atoms with E-state index >= 15 is 0 Å². The lowest BCUT2D eigenvalue weighted by atomic mass is 10.0. The first kappa shape index (κ1) is 20.7. The third kappa shape index (κ3) is 4.47. The van der Waals surface area contributed by atoms with E-state index in [0.717, 1.165) is 21.7 Å². The Morgan fingerprint density at radius 1 is 0.871 bits per heavy atom. The lowest BCUT2D eigenvalue weighted by Gasteiger charge is -2.15. The Morgan fingerprint density at radius 3 is 2.16 bits per heavy atom. The van der Waals surface area contributed by atoms with Gasteiger partial charge in [-0.1, -0.05) is 91.9 Å². The number of benzene rings is 3. The Morgan fingerprint density at radius 2 is 1.48 bits per heavy atom. The van der Waals surface area contributed by atoms with Gasteiger partial charge in [0.05, 0.1) is 5.69 Å². The van der Waals surface area contributed by atoms with Crippen LogP contribution in [0, 0.1) is 0 Å². The van der Waals surface area contributed by atoms with Crippen molar-refractivity contribution in [3.63, 3.8) is 0 Å². The van der Waals surface area contributed by atoms with E-state index in [-0.39, 0.29) is 17.4 Å². The molecule has 0 aliphatic heterocycles. The van der Waals surface area contributed by atoms with Gasteiger partial charge in [-0.3, -0.25) is 14.2 Å². The number of hydrogen-bond acceptors (Lipinski definition) is 3. The number of carbonyl (C=O) groups is 1. The topological polar surface area (TPSA) is 51.4 Å². The molecule has 0 saturated heterocycles. The molecule has 0 fully saturated rings. The molecule has 0 unspecified atom stereocenters. The molecule has 31 heavy (non-hydrogen) atoms. The van der Waals surface area contributed by atoms with E-state index in [9.17, 15) is 9.59 Å². The standard InChI is InChI=1S/C26H22N2O2S/c1-18(2)21-15-9-10-16-22(21)28-24(29)17-23(19-11-5-3-6-12-19)31-26(28)27-25(30)20-13-7-4-8-14-20/h3-18H,1-2H3. The molecule has 0 spiro atoms. The van der Waals surface area contributed by atoms with Crippen LogP contribution < -0.4 is 10.4 Å². The van der Waals surface area contributed by atoms with Crippen LogP contribution in [0.3, 0.4) is 0 Å². The van der Waals surface area contributed by atoms with Gasteiger partial charge in [0.1, 0.15) is 0 Å². The zero-order chi connectivity index (χ0) is 21.8. The molecule has 4 aromatic rings. The van der Waals surface area contributed by atoms with Gasteiger partial charge >= 0.3 is 0 Å². The van der Waals surface area contributed by atoms with Crippen molar-refractivity contribution in [1.29, 1.82) is 0 Å². The van der Waals surface area contributed by atoms with Crippen molar-refractivity contribution >= 4 is 17.2 Å². The second-order valence-corrected chi connectivity index (χ2v) is 8.44. The van der Waals surface area contributed by atoms with Crippen LogP contribution in [0.1, 0.15) is 35.7 Å². The summed E-state index contributed by atoms with van der Waals surface area (Å²) in [5.74, 6) is -0.170. The van der Waals surface area contributed by atoms with Gasteiger partial charge in [0.25, 0.3) is 11.5 Å². The molecule has 0 aliphatic rings. The zero-order valence-electron chi connectivity index (χ0n) is 17.4. The summed E-state index contributed by atoms with van der Waals surface area (Å²) >= 11 is 1.33.